The monoisotopic (exact) mass is 454 g/mol. The molecule has 3 heteroatoms. The van der Waals surface area contributed by atoms with Crippen LogP contribution < -0.4 is 0 Å². The highest BCUT2D eigenvalue weighted by Crippen LogP contribution is 2.32. The molecule has 0 spiro atoms. The van der Waals surface area contributed by atoms with Gasteiger partial charge in [0.1, 0.15) is 0 Å². The molecular formula is C30H30O2S. The zero-order valence-electron chi connectivity index (χ0n) is 19.7. The van der Waals surface area contributed by atoms with Gasteiger partial charge in [0.25, 0.3) is 0 Å². The zero-order valence-corrected chi connectivity index (χ0v) is 20.5. The van der Waals surface area contributed by atoms with Crippen LogP contribution in [-0.2, 0) is 21.7 Å². The van der Waals surface area contributed by atoms with Gasteiger partial charge in [-0.1, -0.05) is 97.8 Å². The molecule has 0 heterocycles. The van der Waals surface area contributed by atoms with E-state index in [1.54, 1.807) is 24.3 Å². The number of hydrogen-bond acceptors (Lipinski definition) is 2. The first-order valence-electron chi connectivity index (χ1n) is 11.2. The van der Waals surface area contributed by atoms with Gasteiger partial charge in [0.05, 0.1) is 9.79 Å². The van der Waals surface area contributed by atoms with Crippen LogP contribution in [0.2, 0.25) is 0 Å². The molecule has 0 atom stereocenters. The van der Waals surface area contributed by atoms with Gasteiger partial charge < -0.3 is 0 Å². The van der Waals surface area contributed by atoms with Crippen LogP contribution in [0.15, 0.2) is 107 Å². The van der Waals surface area contributed by atoms with Crippen molar-refractivity contribution in [3.05, 3.63) is 130 Å². The molecule has 0 bridgehead atoms. The summed E-state index contributed by atoms with van der Waals surface area (Å²) in [7, 11) is -3.50. The standard InChI is InChI=1S/C30H30O2S/c1-22-5-13-26(14-6-22)30(3,4)27-15-9-24(10-16-27)21-25-11-19-29(20-12-25)33(31,32)28-17-7-23(2)8-18-28/h5-20H,21H2,1-4H3. The lowest BCUT2D eigenvalue weighted by atomic mass is 9.77. The fourth-order valence-corrected chi connectivity index (χ4v) is 5.31. The highest BCUT2D eigenvalue weighted by Gasteiger charge is 2.23. The number of aryl methyl sites for hydroxylation is 2. The van der Waals surface area contributed by atoms with Crippen molar-refractivity contribution < 1.29 is 8.42 Å². The molecule has 33 heavy (non-hydrogen) atoms. The Bertz CT molecular complexity index is 1330. The van der Waals surface area contributed by atoms with E-state index in [0.29, 0.717) is 9.79 Å². The zero-order chi connectivity index (χ0) is 23.6. The lowest BCUT2D eigenvalue weighted by Crippen LogP contribution is -2.18. The van der Waals surface area contributed by atoms with Crippen molar-refractivity contribution in [2.24, 2.45) is 0 Å². The van der Waals surface area contributed by atoms with Gasteiger partial charge in [-0.3, -0.25) is 0 Å². The lowest BCUT2D eigenvalue weighted by Gasteiger charge is -2.26. The third-order valence-corrected chi connectivity index (χ3v) is 8.21. The maximum Gasteiger partial charge on any atom is 0.206 e. The Morgan fingerprint density at radius 3 is 1.33 bits per heavy atom. The van der Waals surface area contributed by atoms with Crippen LogP contribution in [0.3, 0.4) is 0 Å². The summed E-state index contributed by atoms with van der Waals surface area (Å²) in [5, 5.41) is 0. The molecule has 0 aliphatic carbocycles. The summed E-state index contributed by atoms with van der Waals surface area (Å²) in [6.07, 6.45) is 0.760. The Kier molecular flexibility index (Phi) is 6.27. The molecule has 4 aromatic rings. The minimum Gasteiger partial charge on any atom is -0.219 e. The van der Waals surface area contributed by atoms with Gasteiger partial charge in [-0.25, -0.2) is 8.42 Å². The lowest BCUT2D eigenvalue weighted by molar-refractivity contribution is 0.596. The predicted octanol–water partition coefficient (Wildman–Crippen LogP) is 7.05. The summed E-state index contributed by atoms with van der Waals surface area (Å²) in [4.78, 5) is 0.651. The number of benzene rings is 4. The molecule has 4 aromatic carbocycles. The van der Waals surface area contributed by atoms with Gasteiger partial charge in [-0.05, 0) is 66.8 Å². The third kappa shape index (κ3) is 4.94. The minimum atomic E-state index is -3.50. The maximum absolute atomic E-state index is 12.9. The molecule has 0 aliphatic rings. The Labute approximate surface area is 197 Å². The second-order valence-electron chi connectivity index (χ2n) is 9.33. The summed E-state index contributed by atoms with van der Waals surface area (Å²) in [5.41, 5.74) is 7.09. The maximum atomic E-state index is 12.9. The predicted molar refractivity (Wildman–Crippen MR) is 136 cm³/mol. The van der Waals surface area contributed by atoms with Crippen molar-refractivity contribution in [1.82, 2.24) is 0 Å². The van der Waals surface area contributed by atoms with Gasteiger partial charge in [0.15, 0.2) is 0 Å². The van der Waals surface area contributed by atoms with Crippen LogP contribution in [-0.4, -0.2) is 8.42 Å². The highest BCUT2D eigenvalue weighted by molar-refractivity contribution is 7.91. The topological polar surface area (TPSA) is 34.1 Å². The highest BCUT2D eigenvalue weighted by atomic mass is 32.2. The van der Waals surface area contributed by atoms with Crippen LogP contribution in [0, 0.1) is 13.8 Å². The molecule has 0 amide bonds. The van der Waals surface area contributed by atoms with Crippen molar-refractivity contribution in [1.29, 1.82) is 0 Å². The second kappa shape index (κ2) is 8.99. The van der Waals surface area contributed by atoms with E-state index < -0.39 is 9.84 Å². The summed E-state index contributed by atoms with van der Waals surface area (Å²) < 4.78 is 25.8. The fraction of sp³-hybridized carbons (Fsp3) is 0.200. The molecule has 0 saturated carbocycles. The molecular weight excluding hydrogens is 424 g/mol. The van der Waals surface area contributed by atoms with E-state index in [2.05, 4.69) is 69.3 Å². The third-order valence-electron chi connectivity index (χ3n) is 6.42. The van der Waals surface area contributed by atoms with E-state index in [9.17, 15) is 8.42 Å². The largest absolute Gasteiger partial charge is 0.219 e. The van der Waals surface area contributed by atoms with E-state index >= 15 is 0 Å². The number of hydrogen-bond donors (Lipinski definition) is 0. The van der Waals surface area contributed by atoms with Crippen molar-refractivity contribution in [3.63, 3.8) is 0 Å². The number of sulfone groups is 1. The SMILES string of the molecule is Cc1ccc(C(C)(C)c2ccc(Cc3ccc(S(=O)(=O)c4ccc(C)cc4)cc3)cc2)cc1. The van der Waals surface area contributed by atoms with Gasteiger partial charge in [0, 0.05) is 5.41 Å². The molecule has 0 unspecified atom stereocenters. The van der Waals surface area contributed by atoms with Gasteiger partial charge in [-0.2, -0.15) is 0 Å². The first-order valence-corrected chi connectivity index (χ1v) is 12.7. The van der Waals surface area contributed by atoms with E-state index in [1.165, 1.54) is 22.3 Å². The summed E-state index contributed by atoms with van der Waals surface area (Å²) >= 11 is 0. The molecule has 2 nitrogen and oxygen atoms in total. The van der Waals surface area contributed by atoms with Gasteiger partial charge >= 0.3 is 0 Å². The van der Waals surface area contributed by atoms with Crippen molar-refractivity contribution in [3.8, 4) is 0 Å². The van der Waals surface area contributed by atoms with Crippen LogP contribution in [0.5, 0.6) is 0 Å². The normalized spacial score (nSPS) is 12.0. The quantitative estimate of drug-likeness (QED) is 0.313. The summed E-state index contributed by atoms with van der Waals surface area (Å²) in [6, 6.07) is 31.7. The average molecular weight is 455 g/mol. The van der Waals surface area contributed by atoms with Crippen molar-refractivity contribution in [2.45, 2.75) is 49.3 Å². The van der Waals surface area contributed by atoms with Crippen LogP contribution in [0.4, 0.5) is 0 Å². The van der Waals surface area contributed by atoms with Crippen LogP contribution in [0.25, 0.3) is 0 Å². The fourth-order valence-electron chi connectivity index (χ4n) is 4.05. The molecule has 0 N–H and O–H groups in total. The Balaban J connectivity index is 1.49. The van der Waals surface area contributed by atoms with E-state index in [0.717, 1.165) is 17.5 Å². The molecule has 0 radical (unpaired) electrons. The van der Waals surface area contributed by atoms with Gasteiger partial charge in [-0.15, -0.1) is 0 Å². The average Bonchev–Trinajstić information content (AvgIpc) is 2.80. The van der Waals surface area contributed by atoms with E-state index in [1.807, 2.05) is 31.2 Å². The minimum absolute atomic E-state index is 0.0712. The second-order valence-corrected chi connectivity index (χ2v) is 11.3. The van der Waals surface area contributed by atoms with E-state index in [4.69, 9.17) is 0 Å². The Hall–Kier alpha value is -3.17. The molecule has 0 fully saturated rings. The molecule has 0 aromatic heterocycles. The number of rotatable bonds is 6. The van der Waals surface area contributed by atoms with Gasteiger partial charge in [0.2, 0.25) is 9.84 Å². The van der Waals surface area contributed by atoms with E-state index in [-0.39, 0.29) is 5.41 Å². The van der Waals surface area contributed by atoms with Crippen LogP contribution in [0.1, 0.15) is 47.2 Å². The molecule has 0 saturated heterocycles. The first-order chi connectivity index (χ1) is 15.7. The summed E-state index contributed by atoms with van der Waals surface area (Å²) in [5.74, 6) is 0. The Morgan fingerprint density at radius 2 is 0.879 bits per heavy atom. The van der Waals surface area contributed by atoms with Crippen molar-refractivity contribution in [2.75, 3.05) is 0 Å². The van der Waals surface area contributed by atoms with Crippen LogP contribution >= 0.6 is 0 Å². The van der Waals surface area contributed by atoms with Crippen molar-refractivity contribution >= 4 is 9.84 Å². The Morgan fingerprint density at radius 1 is 0.545 bits per heavy atom. The smallest absolute Gasteiger partial charge is 0.206 e. The molecule has 0 aliphatic heterocycles. The molecule has 168 valence electrons. The first kappa shape index (κ1) is 23.0. The molecule has 4 rings (SSSR count). The summed E-state index contributed by atoms with van der Waals surface area (Å²) in [6.45, 7) is 8.55.